The van der Waals surface area contributed by atoms with Crippen molar-refractivity contribution in [3.05, 3.63) is 59.7 Å². The maximum absolute atomic E-state index is 12.1. The zero-order valence-electron chi connectivity index (χ0n) is 17.0. The predicted octanol–water partition coefficient (Wildman–Crippen LogP) is 1.93. The van der Waals surface area contributed by atoms with Crippen molar-refractivity contribution in [1.82, 2.24) is 15.3 Å². The van der Waals surface area contributed by atoms with E-state index in [4.69, 9.17) is 20.9 Å². The number of rotatable bonds is 8. The van der Waals surface area contributed by atoms with E-state index in [0.29, 0.717) is 23.6 Å². The van der Waals surface area contributed by atoms with Gasteiger partial charge in [0.15, 0.2) is 18.1 Å². The van der Waals surface area contributed by atoms with Crippen molar-refractivity contribution in [3.63, 3.8) is 0 Å². The van der Waals surface area contributed by atoms with Gasteiger partial charge in [-0.15, -0.1) is 0 Å². The second kappa shape index (κ2) is 9.93. The molecule has 31 heavy (non-hydrogen) atoms. The molecule has 1 heterocycles. The van der Waals surface area contributed by atoms with Gasteiger partial charge < -0.3 is 26.3 Å². The lowest BCUT2D eigenvalue weighted by Gasteiger charge is -2.13. The molecular weight excluding hydrogens is 396 g/mol. The Morgan fingerprint density at radius 3 is 2.61 bits per heavy atom. The van der Waals surface area contributed by atoms with E-state index >= 15 is 0 Å². The molecule has 5 N–H and O–H groups in total. The molecule has 3 rings (SSSR count). The third kappa shape index (κ3) is 5.39. The fourth-order valence-corrected chi connectivity index (χ4v) is 2.93. The number of nitrogen functional groups attached to an aromatic ring is 2. The van der Waals surface area contributed by atoms with Crippen LogP contribution in [-0.2, 0) is 11.2 Å². The van der Waals surface area contributed by atoms with Gasteiger partial charge in [-0.2, -0.15) is 10.2 Å². The predicted molar refractivity (Wildman–Crippen MR) is 116 cm³/mol. The Morgan fingerprint density at radius 1 is 1.13 bits per heavy atom. The summed E-state index contributed by atoms with van der Waals surface area (Å²) >= 11 is 0. The van der Waals surface area contributed by atoms with E-state index in [9.17, 15) is 10.1 Å². The first-order chi connectivity index (χ1) is 15.0. The number of carbonyl (C=O) groups is 1. The second-order valence-corrected chi connectivity index (χ2v) is 6.54. The number of ether oxygens (including phenoxy) is 2. The van der Waals surface area contributed by atoms with E-state index in [1.54, 1.807) is 18.2 Å². The summed E-state index contributed by atoms with van der Waals surface area (Å²) in [6, 6.07) is 16.8. The molecule has 0 spiro atoms. The average Bonchev–Trinajstić information content (AvgIpc) is 2.78. The van der Waals surface area contributed by atoms with Crippen molar-refractivity contribution in [1.29, 1.82) is 5.26 Å². The van der Waals surface area contributed by atoms with Crippen LogP contribution >= 0.6 is 0 Å². The van der Waals surface area contributed by atoms with E-state index in [-0.39, 0.29) is 35.5 Å². The molecule has 0 aliphatic carbocycles. The van der Waals surface area contributed by atoms with Crippen LogP contribution in [0.1, 0.15) is 11.1 Å². The number of nitrogens with one attached hydrogen (secondary N) is 1. The number of aromatic nitrogens is 2. The highest BCUT2D eigenvalue weighted by atomic mass is 16.5. The van der Waals surface area contributed by atoms with Crippen LogP contribution in [0.5, 0.6) is 11.5 Å². The monoisotopic (exact) mass is 418 g/mol. The van der Waals surface area contributed by atoms with Gasteiger partial charge in [0.1, 0.15) is 17.5 Å². The number of benzene rings is 2. The molecule has 0 aliphatic rings. The number of nitrogens with zero attached hydrogens (tertiary/aromatic N) is 3. The third-order valence-corrected chi connectivity index (χ3v) is 4.44. The summed E-state index contributed by atoms with van der Waals surface area (Å²) in [6.45, 7) is 0.344. The first-order valence-electron chi connectivity index (χ1n) is 9.46. The number of methoxy groups -OCH3 is 1. The number of hydrogen-bond donors (Lipinski definition) is 3. The molecule has 1 amide bonds. The molecule has 158 valence electrons. The molecule has 0 atom stereocenters. The maximum Gasteiger partial charge on any atom is 0.257 e. The molecule has 0 saturated heterocycles. The van der Waals surface area contributed by atoms with E-state index < -0.39 is 0 Å². The number of carbonyl (C=O) groups excluding carboxylic acids is 1. The van der Waals surface area contributed by atoms with Crippen molar-refractivity contribution in [2.75, 3.05) is 31.7 Å². The van der Waals surface area contributed by atoms with E-state index in [1.807, 2.05) is 36.4 Å². The number of nitriles is 1. The lowest BCUT2D eigenvalue weighted by molar-refractivity contribution is -0.123. The molecule has 0 aliphatic heterocycles. The average molecular weight is 418 g/mol. The number of amides is 1. The molecule has 0 radical (unpaired) electrons. The molecule has 0 saturated carbocycles. The summed E-state index contributed by atoms with van der Waals surface area (Å²) in [6.07, 6.45) is 0.733. The van der Waals surface area contributed by atoms with Crippen LogP contribution in [0.3, 0.4) is 0 Å². The van der Waals surface area contributed by atoms with E-state index in [2.05, 4.69) is 15.3 Å². The number of hydrogen-bond acceptors (Lipinski definition) is 8. The summed E-state index contributed by atoms with van der Waals surface area (Å²) in [4.78, 5) is 20.0. The first-order valence-corrected chi connectivity index (χ1v) is 9.46. The van der Waals surface area contributed by atoms with Crippen LogP contribution in [0.4, 0.5) is 11.8 Å². The zero-order chi connectivity index (χ0) is 22.2. The smallest absolute Gasteiger partial charge is 0.257 e. The van der Waals surface area contributed by atoms with E-state index in [1.165, 1.54) is 7.11 Å². The number of anilines is 2. The fourth-order valence-electron chi connectivity index (χ4n) is 2.93. The minimum Gasteiger partial charge on any atom is -0.493 e. The van der Waals surface area contributed by atoms with Gasteiger partial charge in [-0.25, -0.2) is 4.98 Å². The quantitative estimate of drug-likeness (QED) is 0.502. The molecule has 0 fully saturated rings. The Bertz CT molecular complexity index is 1110. The van der Waals surface area contributed by atoms with Gasteiger partial charge in [-0.1, -0.05) is 30.3 Å². The molecule has 0 unspecified atom stereocenters. The minimum absolute atomic E-state index is 0.00327. The highest BCUT2D eigenvalue weighted by molar-refractivity contribution is 5.78. The maximum atomic E-state index is 12.1. The lowest BCUT2D eigenvalue weighted by Crippen LogP contribution is -2.30. The highest BCUT2D eigenvalue weighted by Crippen LogP contribution is 2.34. The Labute approximate surface area is 179 Å². The van der Waals surface area contributed by atoms with Crippen LogP contribution < -0.4 is 26.3 Å². The summed E-state index contributed by atoms with van der Waals surface area (Å²) in [7, 11) is 1.47. The molecule has 9 nitrogen and oxygen atoms in total. The summed E-state index contributed by atoms with van der Waals surface area (Å²) < 4.78 is 11.0. The van der Waals surface area contributed by atoms with Gasteiger partial charge in [0.25, 0.3) is 5.91 Å². The Kier molecular flexibility index (Phi) is 6.85. The van der Waals surface area contributed by atoms with Gasteiger partial charge in [0, 0.05) is 12.1 Å². The largest absolute Gasteiger partial charge is 0.493 e. The normalized spacial score (nSPS) is 10.2. The molecule has 3 aromatic rings. The summed E-state index contributed by atoms with van der Waals surface area (Å²) in [5.74, 6) is 0.451. The Hall–Kier alpha value is -4.32. The van der Waals surface area contributed by atoms with Gasteiger partial charge in [-0.3, -0.25) is 4.79 Å². The fraction of sp³-hybridized carbons (Fsp3) is 0.182. The zero-order valence-corrected chi connectivity index (χ0v) is 17.0. The SMILES string of the molecule is COc1cc(-c2nc(N)nc(N)c2C#N)ccc1OCC(=O)NCCc1ccccc1. The van der Waals surface area contributed by atoms with Crippen molar-refractivity contribution in [2.45, 2.75) is 6.42 Å². The van der Waals surface area contributed by atoms with Gasteiger partial charge in [-0.05, 0) is 30.2 Å². The van der Waals surface area contributed by atoms with E-state index in [0.717, 1.165) is 12.0 Å². The van der Waals surface area contributed by atoms with Gasteiger partial charge >= 0.3 is 0 Å². The topological polar surface area (TPSA) is 149 Å². The van der Waals surface area contributed by atoms with Crippen LogP contribution in [0.2, 0.25) is 0 Å². The van der Waals surface area contributed by atoms with Crippen LogP contribution in [0, 0.1) is 11.3 Å². The number of nitrogens with two attached hydrogens (primary N) is 2. The minimum atomic E-state index is -0.245. The second-order valence-electron chi connectivity index (χ2n) is 6.54. The van der Waals surface area contributed by atoms with Crippen molar-refractivity contribution >= 4 is 17.7 Å². The molecule has 0 bridgehead atoms. The molecule has 1 aromatic heterocycles. The van der Waals surface area contributed by atoms with Crippen LogP contribution in [0.25, 0.3) is 11.3 Å². The summed E-state index contributed by atoms with van der Waals surface area (Å²) in [5.41, 5.74) is 13.5. The third-order valence-electron chi connectivity index (χ3n) is 4.44. The van der Waals surface area contributed by atoms with Crippen molar-refractivity contribution in [3.8, 4) is 28.8 Å². The molecular formula is C22H22N6O3. The van der Waals surface area contributed by atoms with Crippen LogP contribution in [-0.4, -0.2) is 36.1 Å². The molecule has 2 aromatic carbocycles. The standard InChI is InChI=1S/C22H22N6O3/c1-30-18-11-15(20-16(12-23)21(24)28-22(25)27-20)7-8-17(18)31-13-19(29)26-10-9-14-5-3-2-4-6-14/h2-8,11H,9-10,13H2,1H3,(H,26,29)(H4,24,25,27,28). The Morgan fingerprint density at radius 2 is 1.90 bits per heavy atom. The molecule has 9 heteroatoms. The summed E-state index contributed by atoms with van der Waals surface area (Å²) in [5, 5.41) is 12.2. The first kappa shape index (κ1) is 21.4. The van der Waals surface area contributed by atoms with Gasteiger partial charge in [0.05, 0.1) is 12.8 Å². The highest BCUT2D eigenvalue weighted by Gasteiger charge is 2.16. The van der Waals surface area contributed by atoms with Crippen molar-refractivity contribution in [2.24, 2.45) is 0 Å². The lowest BCUT2D eigenvalue weighted by atomic mass is 10.1. The van der Waals surface area contributed by atoms with Crippen LogP contribution in [0.15, 0.2) is 48.5 Å². The Balaban J connectivity index is 1.66. The van der Waals surface area contributed by atoms with Gasteiger partial charge in [0.2, 0.25) is 5.95 Å². The van der Waals surface area contributed by atoms with Crippen molar-refractivity contribution < 1.29 is 14.3 Å².